The highest BCUT2D eigenvalue weighted by Gasteiger charge is 2.27. The van der Waals surface area contributed by atoms with Crippen LogP contribution in [0.15, 0.2) is 10.6 Å². The fourth-order valence-electron chi connectivity index (χ4n) is 2.50. The van der Waals surface area contributed by atoms with Gasteiger partial charge in [-0.25, -0.2) is 0 Å². The number of aliphatic hydroxyl groups is 1. The summed E-state index contributed by atoms with van der Waals surface area (Å²) in [6, 6.07) is 1.73. The van der Waals surface area contributed by atoms with Crippen molar-refractivity contribution in [1.29, 1.82) is 0 Å². The van der Waals surface area contributed by atoms with E-state index in [4.69, 9.17) is 14.7 Å². The summed E-state index contributed by atoms with van der Waals surface area (Å²) in [7, 11) is 0. The lowest BCUT2D eigenvalue weighted by atomic mass is 9.81. The van der Waals surface area contributed by atoms with Crippen molar-refractivity contribution in [1.82, 2.24) is 10.5 Å². The number of carboxylic acid groups (broad SMARTS) is 1. The van der Waals surface area contributed by atoms with Gasteiger partial charge in [0.2, 0.25) is 0 Å². The van der Waals surface area contributed by atoms with E-state index < -0.39 is 5.97 Å². The normalized spacial score (nSPS) is 24.1. The maximum Gasteiger partial charge on any atom is 0.303 e. The molecule has 6 heteroatoms. The molecule has 0 amide bonds. The molecule has 2 heterocycles. The average molecular weight is 254 g/mol. The van der Waals surface area contributed by atoms with E-state index >= 15 is 0 Å². The first-order valence-electron chi connectivity index (χ1n) is 6.17. The molecule has 2 rings (SSSR count). The van der Waals surface area contributed by atoms with Crippen LogP contribution in [0.25, 0.3) is 0 Å². The van der Waals surface area contributed by atoms with Crippen LogP contribution < -0.4 is 5.32 Å². The summed E-state index contributed by atoms with van der Waals surface area (Å²) < 4.78 is 4.93. The molecule has 1 aliphatic heterocycles. The molecule has 100 valence electrons. The molecule has 0 bridgehead atoms. The van der Waals surface area contributed by atoms with Crippen LogP contribution in [-0.4, -0.2) is 34.4 Å². The van der Waals surface area contributed by atoms with Crippen LogP contribution in [0.4, 0.5) is 0 Å². The second-order valence-corrected chi connectivity index (χ2v) is 4.76. The van der Waals surface area contributed by atoms with Crippen LogP contribution in [0.3, 0.4) is 0 Å². The van der Waals surface area contributed by atoms with Gasteiger partial charge in [0.1, 0.15) is 6.61 Å². The van der Waals surface area contributed by atoms with Crippen molar-refractivity contribution >= 4 is 5.97 Å². The Kier molecular flexibility index (Phi) is 4.33. The zero-order chi connectivity index (χ0) is 13.0. The fourth-order valence-corrected chi connectivity index (χ4v) is 2.50. The molecule has 1 aliphatic rings. The molecule has 0 radical (unpaired) electrons. The van der Waals surface area contributed by atoms with E-state index in [9.17, 15) is 4.79 Å². The fraction of sp³-hybridized carbons (Fsp3) is 0.667. The molecule has 0 aliphatic carbocycles. The summed E-state index contributed by atoms with van der Waals surface area (Å²) in [6.07, 6.45) is 1.77. The van der Waals surface area contributed by atoms with Crippen molar-refractivity contribution in [2.24, 2.45) is 11.8 Å². The standard InChI is InChI=1S/C12H18N2O4/c15-7-11-5-10(14-18-11)3-9-6-13-2-1-8(9)4-12(16)17/h5,8-9,13,15H,1-4,6-7H2,(H,16,17). The maximum absolute atomic E-state index is 10.8. The predicted octanol–water partition coefficient (Wildman–Crippen LogP) is 0.410. The van der Waals surface area contributed by atoms with Crippen LogP contribution in [0.1, 0.15) is 24.3 Å². The molecule has 6 nitrogen and oxygen atoms in total. The third-order valence-corrected chi connectivity index (χ3v) is 3.44. The topological polar surface area (TPSA) is 95.6 Å². The van der Waals surface area contributed by atoms with E-state index in [1.165, 1.54) is 0 Å². The van der Waals surface area contributed by atoms with Crippen molar-refractivity contribution in [2.75, 3.05) is 13.1 Å². The summed E-state index contributed by atoms with van der Waals surface area (Å²) >= 11 is 0. The van der Waals surface area contributed by atoms with E-state index in [1.807, 2.05) is 0 Å². The first-order valence-corrected chi connectivity index (χ1v) is 6.17. The summed E-state index contributed by atoms with van der Waals surface area (Å²) in [6.45, 7) is 1.52. The first kappa shape index (κ1) is 13.0. The predicted molar refractivity (Wildman–Crippen MR) is 62.8 cm³/mol. The number of nitrogens with zero attached hydrogens (tertiary/aromatic N) is 1. The third kappa shape index (κ3) is 3.30. The highest BCUT2D eigenvalue weighted by atomic mass is 16.5. The quantitative estimate of drug-likeness (QED) is 0.704. The van der Waals surface area contributed by atoms with Crippen molar-refractivity contribution < 1.29 is 19.5 Å². The van der Waals surface area contributed by atoms with E-state index in [0.29, 0.717) is 12.2 Å². The molecule has 1 aromatic heterocycles. The van der Waals surface area contributed by atoms with Gasteiger partial charge in [-0.1, -0.05) is 5.16 Å². The number of aliphatic carboxylic acids is 1. The zero-order valence-corrected chi connectivity index (χ0v) is 10.1. The van der Waals surface area contributed by atoms with Crippen LogP contribution in [0.2, 0.25) is 0 Å². The maximum atomic E-state index is 10.8. The van der Waals surface area contributed by atoms with Gasteiger partial charge in [-0.15, -0.1) is 0 Å². The molecule has 2 unspecified atom stereocenters. The van der Waals surface area contributed by atoms with Crippen LogP contribution in [-0.2, 0) is 17.8 Å². The molecule has 1 aromatic rings. The van der Waals surface area contributed by atoms with E-state index in [2.05, 4.69) is 10.5 Å². The average Bonchev–Trinajstić information content (AvgIpc) is 2.79. The lowest BCUT2D eigenvalue weighted by Crippen LogP contribution is -2.38. The number of carboxylic acids is 1. The van der Waals surface area contributed by atoms with Gasteiger partial charge in [0.15, 0.2) is 5.76 Å². The van der Waals surface area contributed by atoms with Gasteiger partial charge in [0, 0.05) is 12.5 Å². The Balaban J connectivity index is 1.98. The minimum atomic E-state index is -0.747. The van der Waals surface area contributed by atoms with Crippen LogP contribution >= 0.6 is 0 Å². The van der Waals surface area contributed by atoms with Gasteiger partial charge >= 0.3 is 5.97 Å². The minimum absolute atomic E-state index is 0.158. The summed E-state index contributed by atoms with van der Waals surface area (Å²) in [5, 5.41) is 25.0. The second-order valence-electron chi connectivity index (χ2n) is 4.76. The van der Waals surface area contributed by atoms with Gasteiger partial charge in [0.05, 0.1) is 5.69 Å². The number of carbonyl (C=O) groups is 1. The number of rotatable bonds is 5. The van der Waals surface area contributed by atoms with Gasteiger partial charge in [-0.3, -0.25) is 4.79 Å². The number of nitrogens with one attached hydrogen (secondary N) is 1. The Morgan fingerprint density at radius 1 is 1.56 bits per heavy atom. The smallest absolute Gasteiger partial charge is 0.303 e. The van der Waals surface area contributed by atoms with Gasteiger partial charge in [-0.05, 0) is 37.8 Å². The molecule has 2 atom stereocenters. The zero-order valence-electron chi connectivity index (χ0n) is 10.1. The van der Waals surface area contributed by atoms with Crippen LogP contribution in [0.5, 0.6) is 0 Å². The van der Waals surface area contributed by atoms with E-state index in [-0.39, 0.29) is 24.9 Å². The van der Waals surface area contributed by atoms with Gasteiger partial charge in [-0.2, -0.15) is 0 Å². The van der Waals surface area contributed by atoms with Crippen LogP contribution in [0, 0.1) is 11.8 Å². The Morgan fingerprint density at radius 2 is 2.39 bits per heavy atom. The highest BCUT2D eigenvalue weighted by Crippen LogP contribution is 2.26. The number of aromatic nitrogens is 1. The molecular weight excluding hydrogens is 236 g/mol. The molecule has 1 fully saturated rings. The van der Waals surface area contributed by atoms with E-state index in [0.717, 1.165) is 25.2 Å². The van der Waals surface area contributed by atoms with Gasteiger partial charge in [0.25, 0.3) is 0 Å². The van der Waals surface area contributed by atoms with Crippen molar-refractivity contribution in [3.05, 3.63) is 17.5 Å². The second kappa shape index (κ2) is 5.97. The third-order valence-electron chi connectivity index (χ3n) is 3.44. The monoisotopic (exact) mass is 254 g/mol. The molecule has 18 heavy (non-hydrogen) atoms. The SMILES string of the molecule is O=C(O)CC1CCNCC1Cc1cc(CO)on1. The van der Waals surface area contributed by atoms with Crippen molar-refractivity contribution in [3.8, 4) is 0 Å². The molecular formula is C12H18N2O4. The molecule has 1 saturated heterocycles. The largest absolute Gasteiger partial charge is 0.481 e. The van der Waals surface area contributed by atoms with Crippen molar-refractivity contribution in [2.45, 2.75) is 25.9 Å². The molecule has 0 saturated carbocycles. The number of hydrogen-bond donors (Lipinski definition) is 3. The number of piperidine rings is 1. The van der Waals surface area contributed by atoms with Gasteiger partial charge < -0.3 is 20.1 Å². The Hall–Kier alpha value is -1.40. The summed E-state index contributed by atoms with van der Waals surface area (Å²) in [5.41, 5.74) is 0.781. The molecule has 0 spiro atoms. The Labute approximate surface area is 105 Å². The van der Waals surface area contributed by atoms with E-state index in [1.54, 1.807) is 6.07 Å². The summed E-state index contributed by atoms with van der Waals surface area (Å²) in [5.74, 6) is 0.135. The lowest BCUT2D eigenvalue weighted by molar-refractivity contribution is -0.138. The Morgan fingerprint density at radius 3 is 3.06 bits per heavy atom. The Bertz CT molecular complexity index is 405. The summed E-state index contributed by atoms with van der Waals surface area (Å²) in [4.78, 5) is 10.8. The molecule has 0 aromatic carbocycles. The number of aliphatic hydroxyl groups excluding tert-OH is 1. The highest BCUT2D eigenvalue weighted by molar-refractivity contribution is 5.67. The molecule has 3 N–H and O–H groups in total. The first-order chi connectivity index (χ1) is 8.69. The lowest BCUT2D eigenvalue weighted by Gasteiger charge is -2.30. The number of hydrogen-bond acceptors (Lipinski definition) is 5. The van der Waals surface area contributed by atoms with Crippen molar-refractivity contribution in [3.63, 3.8) is 0 Å². The minimum Gasteiger partial charge on any atom is -0.481 e.